The second-order valence-electron chi connectivity index (χ2n) is 11.1. The van der Waals surface area contributed by atoms with Gasteiger partial charge in [-0.05, 0) is 76.0 Å². The first kappa shape index (κ1) is 31.2. The quantitative estimate of drug-likeness (QED) is 0.138. The maximum absolute atomic E-state index is 15.6. The lowest BCUT2D eigenvalue weighted by molar-refractivity contribution is -0.139. The van der Waals surface area contributed by atoms with E-state index in [-0.39, 0.29) is 17.5 Å². The van der Waals surface area contributed by atoms with Crippen molar-refractivity contribution in [3.05, 3.63) is 75.0 Å². The number of halogens is 4. The number of alkyl halides is 3. The number of ether oxygens (including phenoxy) is 1. The van der Waals surface area contributed by atoms with Gasteiger partial charge in [0.25, 0.3) is 11.5 Å². The largest absolute Gasteiger partial charge is 0.493 e. The van der Waals surface area contributed by atoms with E-state index in [9.17, 15) is 22.8 Å². The van der Waals surface area contributed by atoms with E-state index < -0.39 is 45.9 Å². The van der Waals surface area contributed by atoms with E-state index in [4.69, 9.17) is 28.6 Å². The number of hydrogen-bond acceptors (Lipinski definition) is 6. The second-order valence-corrected chi connectivity index (χ2v) is 11.5. The number of aromatic amines is 1. The van der Waals surface area contributed by atoms with Gasteiger partial charge in [-0.15, -0.1) is 5.10 Å². The Labute approximate surface area is 265 Å². The van der Waals surface area contributed by atoms with Crippen LogP contribution < -0.4 is 20.1 Å². The number of aryl methyl sites for hydroxylation is 2. The van der Waals surface area contributed by atoms with Crippen LogP contribution in [0.3, 0.4) is 0 Å². The number of anilines is 2. The first-order valence-corrected chi connectivity index (χ1v) is 15.0. The summed E-state index contributed by atoms with van der Waals surface area (Å²) >= 11 is 5.69. The van der Waals surface area contributed by atoms with Crippen molar-refractivity contribution in [3.8, 4) is 17.1 Å². The molecule has 0 atom stereocenters. The van der Waals surface area contributed by atoms with Crippen molar-refractivity contribution in [3.63, 3.8) is 0 Å². The normalized spacial score (nSPS) is 16.0. The van der Waals surface area contributed by atoms with E-state index in [2.05, 4.69) is 14.8 Å². The first-order valence-electron chi connectivity index (χ1n) is 14.6. The van der Waals surface area contributed by atoms with E-state index in [1.165, 1.54) is 9.42 Å². The van der Waals surface area contributed by atoms with Crippen LogP contribution in [0, 0.1) is 19.3 Å². The Morgan fingerprint density at radius 1 is 1.17 bits per heavy atom. The van der Waals surface area contributed by atoms with Crippen molar-refractivity contribution in [1.82, 2.24) is 19.6 Å². The van der Waals surface area contributed by atoms with Crippen molar-refractivity contribution in [2.24, 2.45) is 0 Å². The van der Waals surface area contributed by atoms with Crippen LogP contribution >= 0.6 is 12.2 Å². The van der Waals surface area contributed by atoms with E-state index >= 15 is 4.39 Å². The number of rotatable bonds is 7. The molecule has 1 N–H and O–H groups in total. The van der Waals surface area contributed by atoms with Crippen LogP contribution in [0.5, 0.6) is 5.75 Å². The molecule has 1 aliphatic carbocycles. The zero-order chi connectivity index (χ0) is 33.1. The number of imidazole rings is 1. The van der Waals surface area contributed by atoms with Gasteiger partial charge in [0.05, 0.1) is 35.7 Å². The number of H-pyrrole nitrogens is 1. The fourth-order valence-corrected chi connectivity index (χ4v) is 6.61. The standard InChI is InChI=1S/C31H27F4N7O3S/c1-5-8-22-37-16(3)25-27(43)38-26(39-42(22)25)18-15-17(9-12-21(18)45-6-2)41-29(46)40(28(44)30(41)13-7-14-30)20-11-10-19(36-4)23(24(20)32)31(33,34)35/h9-12,15H,5-8,13-14H2,1-3H3,(H,38,39,43). The Morgan fingerprint density at radius 2 is 1.91 bits per heavy atom. The summed E-state index contributed by atoms with van der Waals surface area (Å²) in [5, 5.41) is 4.47. The minimum atomic E-state index is -5.18. The molecular weight excluding hydrogens is 626 g/mol. The van der Waals surface area contributed by atoms with Crippen molar-refractivity contribution < 1.29 is 27.1 Å². The predicted molar refractivity (Wildman–Crippen MR) is 166 cm³/mol. The smallest absolute Gasteiger partial charge is 0.410 e. The molecule has 0 unspecified atom stereocenters. The third-order valence-corrected chi connectivity index (χ3v) is 8.69. The lowest BCUT2D eigenvalue weighted by atomic mass is 9.75. The van der Waals surface area contributed by atoms with Crippen molar-refractivity contribution >= 4 is 45.8 Å². The fourth-order valence-electron chi connectivity index (χ4n) is 6.15. The van der Waals surface area contributed by atoms with Gasteiger partial charge in [-0.3, -0.25) is 14.5 Å². The van der Waals surface area contributed by atoms with E-state index in [1.54, 1.807) is 32.0 Å². The van der Waals surface area contributed by atoms with Crippen LogP contribution in [-0.2, 0) is 17.4 Å². The molecule has 1 saturated heterocycles. The van der Waals surface area contributed by atoms with Gasteiger partial charge in [0, 0.05) is 12.1 Å². The molecule has 238 valence electrons. The molecule has 2 aromatic carbocycles. The Hall–Kier alpha value is -4.84. The number of aromatic nitrogens is 4. The summed E-state index contributed by atoms with van der Waals surface area (Å²) in [6.45, 7) is 12.9. The third-order valence-electron chi connectivity index (χ3n) is 8.33. The number of carbonyl (C=O) groups excluding carboxylic acids is 1. The number of carbonyl (C=O) groups is 1. The lowest BCUT2D eigenvalue weighted by Crippen LogP contribution is -2.55. The van der Waals surface area contributed by atoms with Crippen LogP contribution in [0.2, 0.25) is 0 Å². The van der Waals surface area contributed by atoms with Gasteiger partial charge < -0.3 is 14.6 Å². The predicted octanol–water partition coefficient (Wildman–Crippen LogP) is 6.51. The average Bonchev–Trinajstić information content (AvgIpc) is 3.42. The molecule has 46 heavy (non-hydrogen) atoms. The number of hydrogen-bond donors (Lipinski definition) is 1. The molecule has 1 aliphatic heterocycles. The molecule has 3 heterocycles. The van der Waals surface area contributed by atoms with Gasteiger partial charge in [-0.2, -0.15) is 13.2 Å². The lowest BCUT2D eigenvalue weighted by Gasteiger charge is -2.43. The summed E-state index contributed by atoms with van der Waals surface area (Å²) in [6, 6.07) is 6.68. The summed E-state index contributed by atoms with van der Waals surface area (Å²) in [5.74, 6) is -1.29. The number of benzene rings is 2. The molecule has 1 spiro atoms. The monoisotopic (exact) mass is 653 g/mol. The van der Waals surface area contributed by atoms with Crippen molar-refractivity contribution in [1.29, 1.82) is 0 Å². The third kappa shape index (κ3) is 4.61. The molecule has 4 aromatic rings. The highest BCUT2D eigenvalue weighted by Crippen LogP contribution is 2.50. The highest BCUT2D eigenvalue weighted by molar-refractivity contribution is 7.81. The van der Waals surface area contributed by atoms with Crippen molar-refractivity contribution in [2.75, 3.05) is 16.4 Å². The van der Waals surface area contributed by atoms with Crippen LogP contribution in [0.1, 0.15) is 56.6 Å². The van der Waals surface area contributed by atoms with E-state index in [0.717, 1.165) is 23.5 Å². The summed E-state index contributed by atoms with van der Waals surface area (Å²) in [5.41, 5.74) is -3.50. The zero-order valence-electron chi connectivity index (χ0n) is 25.0. The average molecular weight is 654 g/mol. The topological polar surface area (TPSA) is 100 Å². The van der Waals surface area contributed by atoms with E-state index in [1.807, 2.05) is 6.92 Å². The Bertz CT molecular complexity index is 2030. The van der Waals surface area contributed by atoms with Gasteiger partial charge in [0.2, 0.25) is 5.69 Å². The molecule has 6 rings (SSSR count). The Balaban J connectivity index is 1.51. The number of nitrogens with one attached hydrogen (secondary N) is 1. The Kier molecular flexibility index (Phi) is 7.58. The zero-order valence-corrected chi connectivity index (χ0v) is 25.8. The minimum absolute atomic E-state index is 0.157. The first-order chi connectivity index (χ1) is 21.9. The van der Waals surface area contributed by atoms with Gasteiger partial charge in [-0.25, -0.2) is 18.7 Å². The molecule has 2 aromatic heterocycles. The fraction of sp³-hybridized carbons (Fsp3) is 0.355. The molecular formula is C31H27F4N7O3S. The molecule has 2 aliphatic rings. The minimum Gasteiger partial charge on any atom is -0.493 e. The van der Waals surface area contributed by atoms with Crippen LogP contribution in [0.15, 0.2) is 35.1 Å². The summed E-state index contributed by atoms with van der Waals surface area (Å²) in [7, 11) is 0. The molecule has 10 nitrogen and oxygen atoms in total. The molecule has 15 heteroatoms. The summed E-state index contributed by atoms with van der Waals surface area (Å²) in [4.78, 5) is 39.7. The molecule has 0 radical (unpaired) electrons. The molecule has 2 fully saturated rings. The molecule has 1 saturated carbocycles. The molecule has 1 amide bonds. The van der Waals surface area contributed by atoms with Crippen molar-refractivity contribution in [2.45, 2.75) is 64.6 Å². The van der Waals surface area contributed by atoms with Gasteiger partial charge in [-0.1, -0.05) is 13.0 Å². The van der Waals surface area contributed by atoms with Crippen LogP contribution in [-0.4, -0.2) is 42.7 Å². The van der Waals surface area contributed by atoms with Crippen LogP contribution in [0.4, 0.5) is 34.6 Å². The maximum atomic E-state index is 15.6. The molecule has 0 bridgehead atoms. The van der Waals surface area contributed by atoms with Gasteiger partial charge >= 0.3 is 6.18 Å². The van der Waals surface area contributed by atoms with E-state index in [0.29, 0.717) is 59.7 Å². The van der Waals surface area contributed by atoms with Crippen LogP contribution in [0.25, 0.3) is 21.7 Å². The highest BCUT2D eigenvalue weighted by Gasteiger charge is 2.60. The number of fused-ring (bicyclic) bond motifs is 1. The summed E-state index contributed by atoms with van der Waals surface area (Å²) in [6.07, 6.45) is -2.58. The second kappa shape index (κ2) is 11.2. The van der Waals surface area contributed by atoms with Gasteiger partial charge in [0.1, 0.15) is 22.9 Å². The summed E-state index contributed by atoms with van der Waals surface area (Å²) < 4.78 is 64.5. The number of nitrogens with zero attached hydrogens (tertiary/aromatic N) is 6. The highest BCUT2D eigenvalue weighted by atomic mass is 32.1. The number of thiocarbonyl (C=S) groups is 1. The SMILES string of the molecule is [C-]#[N+]c1ccc(N2C(=O)C3(CCC3)N(c3ccc(OCC)c(-c4nn5c(CCC)nc(C)c5c(=O)[nH]4)c3)C2=S)c(F)c1C(F)(F)F. The number of amides is 1. The van der Waals surface area contributed by atoms with Gasteiger partial charge in [0.15, 0.2) is 16.5 Å². The Morgan fingerprint density at radius 3 is 2.52 bits per heavy atom. The maximum Gasteiger partial charge on any atom is 0.410 e.